The van der Waals surface area contributed by atoms with E-state index in [2.05, 4.69) is 15.1 Å². The van der Waals surface area contributed by atoms with Crippen molar-refractivity contribution >= 4 is 21.2 Å². The molecule has 0 spiro atoms. The zero-order valence-electron chi connectivity index (χ0n) is 12.2. The number of nitrogens with zero attached hydrogens (tertiary/aromatic N) is 3. The molecule has 2 aromatic heterocycles. The lowest BCUT2D eigenvalue weighted by Gasteiger charge is -2.12. The van der Waals surface area contributed by atoms with Gasteiger partial charge in [-0.25, -0.2) is 9.67 Å². The van der Waals surface area contributed by atoms with Crippen LogP contribution < -0.4 is 5.56 Å². The Hall–Kier alpha value is -1.74. The lowest BCUT2D eigenvalue weighted by molar-refractivity contribution is 0.474. The summed E-state index contributed by atoms with van der Waals surface area (Å²) in [7, 11) is -4.13. The third-order valence-corrected chi connectivity index (χ3v) is 5.00. The second-order valence-corrected chi connectivity index (χ2v) is 7.36. The van der Waals surface area contributed by atoms with Gasteiger partial charge in [0.1, 0.15) is 11.2 Å². The van der Waals surface area contributed by atoms with Crippen LogP contribution in [0.1, 0.15) is 50.4 Å². The maximum atomic E-state index is 12.1. The molecule has 1 fully saturated rings. The fourth-order valence-electron chi connectivity index (χ4n) is 3.00. The smallest absolute Gasteiger partial charge is 0.265 e. The summed E-state index contributed by atoms with van der Waals surface area (Å²) < 4.78 is 32.7. The number of rotatable bonds is 4. The Morgan fingerprint density at radius 2 is 2.14 bits per heavy atom. The predicted molar refractivity (Wildman–Crippen MR) is 80.5 cm³/mol. The normalized spacial score (nSPS) is 18.1. The number of H-pyrrole nitrogens is 1. The van der Waals surface area contributed by atoms with Crippen LogP contribution in [0.25, 0.3) is 11.0 Å². The summed E-state index contributed by atoms with van der Waals surface area (Å²) in [4.78, 5) is 19.1. The van der Waals surface area contributed by atoms with Crippen LogP contribution in [0.4, 0.5) is 0 Å². The Kier molecular flexibility index (Phi) is 3.77. The molecule has 0 unspecified atom stereocenters. The molecule has 0 aromatic carbocycles. The predicted octanol–water partition coefficient (Wildman–Crippen LogP) is 1.23. The minimum Gasteiger partial charge on any atom is -0.310 e. The summed E-state index contributed by atoms with van der Waals surface area (Å²) in [5.74, 6) is -0.854. The largest absolute Gasteiger partial charge is 0.310 e. The molecular formula is C13H18N4O4S. The fourth-order valence-corrected chi connectivity index (χ4v) is 3.79. The van der Waals surface area contributed by atoms with Gasteiger partial charge in [-0.05, 0) is 12.8 Å². The number of aromatic nitrogens is 4. The standard InChI is InChI=1S/C13H18N4O4S/c1-8(7-22(19,20)21)11-15-12-10(13(18)16-11)6-14-17(12)9-4-2-3-5-9/h6,8-9H,2-5,7H2,1H3,(H,15,16,18)(H,19,20,21)/t8-/m1/s1. The van der Waals surface area contributed by atoms with E-state index < -0.39 is 21.8 Å². The van der Waals surface area contributed by atoms with E-state index in [0.29, 0.717) is 11.0 Å². The topological polar surface area (TPSA) is 118 Å². The van der Waals surface area contributed by atoms with Crippen molar-refractivity contribution in [2.24, 2.45) is 0 Å². The first-order chi connectivity index (χ1) is 10.3. The van der Waals surface area contributed by atoms with Crippen molar-refractivity contribution in [1.29, 1.82) is 0 Å². The van der Waals surface area contributed by atoms with Crippen molar-refractivity contribution in [3.8, 4) is 0 Å². The van der Waals surface area contributed by atoms with Crippen LogP contribution in [0.2, 0.25) is 0 Å². The van der Waals surface area contributed by atoms with Gasteiger partial charge in [-0.2, -0.15) is 13.5 Å². The van der Waals surface area contributed by atoms with Gasteiger partial charge in [0.15, 0.2) is 5.65 Å². The van der Waals surface area contributed by atoms with Gasteiger partial charge in [0.05, 0.1) is 18.0 Å². The number of fused-ring (bicyclic) bond motifs is 1. The third kappa shape index (κ3) is 2.91. The first kappa shape index (κ1) is 15.2. The molecule has 0 amide bonds. The quantitative estimate of drug-likeness (QED) is 0.816. The molecule has 2 N–H and O–H groups in total. The molecule has 1 aliphatic rings. The number of hydrogen-bond acceptors (Lipinski definition) is 5. The monoisotopic (exact) mass is 326 g/mol. The highest BCUT2D eigenvalue weighted by atomic mass is 32.2. The molecule has 0 saturated heterocycles. The lowest BCUT2D eigenvalue weighted by atomic mass is 10.2. The van der Waals surface area contributed by atoms with E-state index in [-0.39, 0.29) is 17.4 Å². The van der Waals surface area contributed by atoms with Gasteiger partial charge in [-0.15, -0.1) is 0 Å². The molecule has 8 nitrogen and oxygen atoms in total. The third-order valence-electron chi connectivity index (χ3n) is 4.08. The van der Waals surface area contributed by atoms with E-state index >= 15 is 0 Å². The Morgan fingerprint density at radius 1 is 1.45 bits per heavy atom. The van der Waals surface area contributed by atoms with Crippen LogP contribution in [-0.2, 0) is 10.1 Å². The molecule has 2 aromatic rings. The van der Waals surface area contributed by atoms with Crippen LogP contribution in [0.5, 0.6) is 0 Å². The van der Waals surface area contributed by atoms with Gasteiger partial charge >= 0.3 is 0 Å². The molecule has 120 valence electrons. The summed E-state index contributed by atoms with van der Waals surface area (Å²) >= 11 is 0. The van der Waals surface area contributed by atoms with Crippen molar-refractivity contribution in [3.63, 3.8) is 0 Å². The first-order valence-electron chi connectivity index (χ1n) is 7.28. The zero-order chi connectivity index (χ0) is 15.9. The average molecular weight is 326 g/mol. The second-order valence-electron chi connectivity index (χ2n) is 5.87. The molecule has 0 aliphatic heterocycles. The van der Waals surface area contributed by atoms with E-state index in [9.17, 15) is 13.2 Å². The highest BCUT2D eigenvalue weighted by molar-refractivity contribution is 7.85. The summed E-state index contributed by atoms with van der Waals surface area (Å²) in [5.41, 5.74) is 0.138. The summed E-state index contributed by atoms with van der Waals surface area (Å²) in [6.45, 7) is 1.59. The van der Waals surface area contributed by atoms with Crippen molar-refractivity contribution in [2.75, 3.05) is 5.75 Å². The maximum Gasteiger partial charge on any atom is 0.265 e. The Morgan fingerprint density at radius 3 is 2.77 bits per heavy atom. The van der Waals surface area contributed by atoms with Crippen LogP contribution in [0.15, 0.2) is 11.0 Å². The van der Waals surface area contributed by atoms with E-state index in [1.54, 1.807) is 11.6 Å². The van der Waals surface area contributed by atoms with Crippen LogP contribution in [0.3, 0.4) is 0 Å². The van der Waals surface area contributed by atoms with Crippen LogP contribution >= 0.6 is 0 Å². The molecule has 3 rings (SSSR count). The van der Waals surface area contributed by atoms with E-state index in [4.69, 9.17) is 4.55 Å². The van der Waals surface area contributed by atoms with E-state index in [1.165, 1.54) is 6.20 Å². The van der Waals surface area contributed by atoms with Gasteiger partial charge in [0.2, 0.25) is 0 Å². The summed E-state index contributed by atoms with van der Waals surface area (Å²) in [6, 6.07) is 0.233. The lowest BCUT2D eigenvalue weighted by Crippen LogP contribution is -2.19. The number of aromatic amines is 1. The molecule has 1 atom stereocenters. The minimum absolute atomic E-state index is 0.233. The SMILES string of the molecule is C[C@H](CS(=O)(=O)O)c1nc2c(cnn2C2CCCC2)c(=O)[nH]1. The maximum absolute atomic E-state index is 12.1. The van der Waals surface area contributed by atoms with Crippen molar-refractivity contribution in [1.82, 2.24) is 19.7 Å². The van der Waals surface area contributed by atoms with Crippen molar-refractivity contribution < 1.29 is 13.0 Å². The van der Waals surface area contributed by atoms with Crippen LogP contribution in [-0.4, -0.2) is 38.5 Å². The van der Waals surface area contributed by atoms with E-state index in [0.717, 1.165) is 25.7 Å². The molecule has 0 radical (unpaired) electrons. The van der Waals surface area contributed by atoms with Crippen molar-refractivity contribution in [3.05, 3.63) is 22.4 Å². The Labute approximate surface area is 127 Å². The van der Waals surface area contributed by atoms with Gasteiger partial charge in [0, 0.05) is 5.92 Å². The first-order valence-corrected chi connectivity index (χ1v) is 8.88. The average Bonchev–Trinajstić information content (AvgIpc) is 3.04. The highest BCUT2D eigenvalue weighted by Gasteiger charge is 2.23. The van der Waals surface area contributed by atoms with Crippen LogP contribution in [0, 0.1) is 0 Å². The number of hydrogen-bond donors (Lipinski definition) is 2. The Bertz CT molecular complexity index is 849. The fraction of sp³-hybridized carbons (Fsp3) is 0.615. The molecular weight excluding hydrogens is 308 g/mol. The highest BCUT2D eigenvalue weighted by Crippen LogP contribution is 2.30. The summed E-state index contributed by atoms with van der Waals surface area (Å²) in [6.07, 6.45) is 5.75. The minimum atomic E-state index is -4.13. The molecule has 2 heterocycles. The molecule has 0 bridgehead atoms. The van der Waals surface area contributed by atoms with Gasteiger partial charge in [-0.3, -0.25) is 9.35 Å². The zero-order valence-corrected chi connectivity index (χ0v) is 13.0. The van der Waals surface area contributed by atoms with Gasteiger partial charge < -0.3 is 4.98 Å². The molecule has 1 aliphatic carbocycles. The van der Waals surface area contributed by atoms with Gasteiger partial charge in [0.25, 0.3) is 15.7 Å². The summed E-state index contributed by atoms with van der Waals surface area (Å²) in [5, 5.41) is 4.68. The molecule has 1 saturated carbocycles. The second kappa shape index (κ2) is 5.47. The Balaban J connectivity index is 2.06. The molecule has 9 heteroatoms. The number of nitrogens with one attached hydrogen (secondary N) is 1. The van der Waals surface area contributed by atoms with E-state index in [1.807, 2.05) is 0 Å². The molecule has 22 heavy (non-hydrogen) atoms. The van der Waals surface area contributed by atoms with Crippen molar-refractivity contribution in [2.45, 2.75) is 44.6 Å². The van der Waals surface area contributed by atoms with Gasteiger partial charge in [-0.1, -0.05) is 19.8 Å².